The predicted molar refractivity (Wildman–Crippen MR) is 100 cm³/mol. The molecule has 0 aromatic heterocycles. The number of nitrogens with one attached hydrogen (secondary N) is 2. The molecule has 1 unspecified atom stereocenters. The standard InChI is InChI=1S/C18H20N2O4S/c1-22-13-9-10-15(23-2)14(11-13)19-18(25)20-16(17(21)24-3)12-7-5-4-6-8-12/h4-11,16H,1-3H3,(H2,19,20,25). The van der Waals surface area contributed by atoms with E-state index in [9.17, 15) is 4.79 Å². The van der Waals surface area contributed by atoms with E-state index in [1.54, 1.807) is 32.4 Å². The van der Waals surface area contributed by atoms with Gasteiger partial charge in [0.2, 0.25) is 0 Å². The molecule has 2 aromatic rings. The van der Waals surface area contributed by atoms with E-state index in [1.807, 2.05) is 30.3 Å². The van der Waals surface area contributed by atoms with Crippen LogP contribution in [0.4, 0.5) is 5.69 Å². The maximum atomic E-state index is 12.1. The number of hydrogen-bond acceptors (Lipinski definition) is 5. The van der Waals surface area contributed by atoms with Gasteiger partial charge in [0.15, 0.2) is 11.2 Å². The zero-order valence-corrected chi connectivity index (χ0v) is 15.1. The first kappa shape index (κ1) is 18.5. The van der Waals surface area contributed by atoms with Gasteiger partial charge in [0.25, 0.3) is 0 Å². The highest BCUT2D eigenvalue weighted by Gasteiger charge is 2.22. The Balaban J connectivity index is 2.18. The second-order valence-corrected chi connectivity index (χ2v) is 5.44. The summed E-state index contributed by atoms with van der Waals surface area (Å²) in [4.78, 5) is 12.1. The van der Waals surface area contributed by atoms with Gasteiger partial charge in [-0.25, -0.2) is 4.79 Å². The van der Waals surface area contributed by atoms with E-state index < -0.39 is 12.0 Å². The van der Waals surface area contributed by atoms with Crippen LogP contribution in [0.5, 0.6) is 11.5 Å². The normalized spacial score (nSPS) is 11.2. The minimum Gasteiger partial charge on any atom is -0.497 e. The van der Waals surface area contributed by atoms with Crippen molar-refractivity contribution in [2.24, 2.45) is 0 Å². The number of esters is 1. The fourth-order valence-electron chi connectivity index (χ4n) is 2.24. The molecule has 0 amide bonds. The largest absolute Gasteiger partial charge is 0.497 e. The van der Waals surface area contributed by atoms with Crippen molar-refractivity contribution in [2.75, 3.05) is 26.6 Å². The highest BCUT2D eigenvalue weighted by Crippen LogP contribution is 2.29. The van der Waals surface area contributed by atoms with Crippen LogP contribution < -0.4 is 20.1 Å². The Hall–Kier alpha value is -2.80. The molecule has 7 heteroatoms. The van der Waals surface area contributed by atoms with Gasteiger partial charge in [-0.3, -0.25) is 0 Å². The van der Waals surface area contributed by atoms with Crippen LogP contribution in [0.3, 0.4) is 0 Å². The molecule has 0 spiro atoms. The van der Waals surface area contributed by atoms with E-state index in [1.165, 1.54) is 7.11 Å². The van der Waals surface area contributed by atoms with Gasteiger partial charge >= 0.3 is 5.97 Å². The molecule has 0 bridgehead atoms. The molecular weight excluding hydrogens is 340 g/mol. The van der Waals surface area contributed by atoms with Crippen molar-refractivity contribution in [3.63, 3.8) is 0 Å². The summed E-state index contributed by atoms with van der Waals surface area (Å²) in [7, 11) is 4.47. The molecule has 0 saturated heterocycles. The van der Waals surface area contributed by atoms with Crippen molar-refractivity contribution in [2.45, 2.75) is 6.04 Å². The fraction of sp³-hybridized carbons (Fsp3) is 0.222. The van der Waals surface area contributed by atoms with Gasteiger partial charge in [-0.05, 0) is 29.9 Å². The Morgan fingerprint density at radius 2 is 1.76 bits per heavy atom. The molecule has 0 fully saturated rings. The maximum Gasteiger partial charge on any atom is 0.333 e. The van der Waals surface area contributed by atoms with Crippen molar-refractivity contribution in [1.82, 2.24) is 5.32 Å². The molecule has 2 aromatic carbocycles. The Labute approximate surface area is 152 Å². The summed E-state index contributed by atoms with van der Waals surface area (Å²) in [5, 5.41) is 6.25. The van der Waals surface area contributed by atoms with Crippen LogP contribution >= 0.6 is 12.2 Å². The van der Waals surface area contributed by atoms with Crippen LogP contribution in [0.2, 0.25) is 0 Å². The first-order chi connectivity index (χ1) is 12.1. The third-order valence-corrected chi connectivity index (χ3v) is 3.72. The Bertz CT molecular complexity index is 737. The van der Waals surface area contributed by atoms with Crippen molar-refractivity contribution < 1.29 is 19.0 Å². The quantitative estimate of drug-likeness (QED) is 0.606. The van der Waals surface area contributed by atoms with Crippen LogP contribution in [-0.4, -0.2) is 32.4 Å². The molecule has 0 radical (unpaired) electrons. The van der Waals surface area contributed by atoms with Crippen LogP contribution in [0, 0.1) is 0 Å². The van der Waals surface area contributed by atoms with Crippen LogP contribution in [0.15, 0.2) is 48.5 Å². The van der Waals surface area contributed by atoms with Crippen molar-refractivity contribution in [3.8, 4) is 11.5 Å². The van der Waals surface area contributed by atoms with E-state index in [0.717, 1.165) is 5.56 Å². The first-order valence-electron chi connectivity index (χ1n) is 7.51. The molecule has 0 heterocycles. The van der Waals surface area contributed by atoms with Gasteiger partial charge < -0.3 is 24.8 Å². The molecule has 0 aliphatic rings. The van der Waals surface area contributed by atoms with Crippen LogP contribution in [0.25, 0.3) is 0 Å². The Kier molecular flexibility index (Phi) is 6.59. The third-order valence-electron chi connectivity index (χ3n) is 3.50. The average Bonchev–Trinajstić information content (AvgIpc) is 2.66. The summed E-state index contributed by atoms with van der Waals surface area (Å²) < 4.78 is 15.4. The first-order valence-corrected chi connectivity index (χ1v) is 7.92. The molecule has 1 atom stereocenters. The lowest BCUT2D eigenvalue weighted by molar-refractivity contribution is -0.142. The summed E-state index contributed by atoms with van der Waals surface area (Å²) in [6.45, 7) is 0. The number of carbonyl (C=O) groups excluding carboxylic acids is 1. The average molecular weight is 360 g/mol. The zero-order chi connectivity index (χ0) is 18.2. The van der Waals surface area contributed by atoms with Crippen molar-refractivity contribution in [1.29, 1.82) is 0 Å². The maximum absolute atomic E-state index is 12.1. The predicted octanol–water partition coefficient (Wildman–Crippen LogP) is 2.90. The summed E-state index contributed by atoms with van der Waals surface area (Å²) in [5.41, 5.74) is 1.37. The van der Waals surface area contributed by atoms with E-state index >= 15 is 0 Å². The van der Waals surface area contributed by atoms with Gasteiger partial charge in [-0.2, -0.15) is 0 Å². The molecule has 6 nitrogen and oxygen atoms in total. The van der Waals surface area contributed by atoms with Gasteiger partial charge in [0, 0.05) is 6.07 Å². The summed E-state index contributed by atoms with van der Waals surface area (Å²) in [6.07, 6.45) is 0. The number of ether oxygens (including phenoxy) is 3. The second kappa shape index (κ2) is 8.89. The van der Waals surface area contributed by atoms with E-state index in [4.69, 9.17) is 26.4 Å². The number of carbonyl (C=O) groups is 1. The monoisotopic (exact) mass is 360 g/mol. The Morgan fingerprint density at radius 1 is 1.04 bits per heavy atom. The minimum absolute atomic E-state index is 0.255. The van der Waals surface area contributed by atoms with Crippen molar-refractivity contribution in [3.05, 3.63) is 54.1 Å². The smallest absolute Gasteiger partial charge is 0.333 e. The molecule has 25 heavy (non-hydrogen) atoms. The molecule has 0 saturated carbocycles. The summed E-state index contributed by atoms with van der Waals surface area (Å²) in [5.74, 6) is 0.811. The highest BCUT2D eigenvalue weighted by molar-refractivity contribution is 7.80. The lowest BCUT2D eigenvalue weighted by Crippen LogP contribution is -2.37. The molecular formula is C18H20N2O4S. The van der Waals surface area contributed by atoms with E-state index in [0.29, 0.717) is 17.2 Å². The van der Waals surface area contributed by atoms with Crippen LogP contribution in [0.1, 0.15) is 11.6 Å². The highest BCUT2D eigenvalue weighted by atomic mass is 32.1. The third kappa shape index (κ3) is 4.84. The Morgan fingerprint density at radius 3 is 2.36 bits per heavy atom. The molecule has 2 N–H and O–H groups in total. The van der Waals surface area contributed by atoms with Crippen LogP contribution in [-0.2, 0) is 9.53 Å². The number of methoxy groups -OCH3 is 3. The molecule has 2 rings (SSSR count). The van der Waals surface area contributed by atoms with Gasteiger partial charge in [0.05, 0.1) is 27.0 Å². The summed E-state index contributed by atoms with van der Waals surface area (Å²) in [6, 6.07) is 13.8. The number of rotatable bonds is 6. The van der Waals surface area contributed by atoms with Gasteiger partial charge in [0.1, 0.15) is 11.5 Å². The lowest BCUT2D eigenvalue weighted by atomic mass is 10.1. The molecule has 132 valence electrons. The van der Waals surface area contributed by atoms with Gasteiger partial charge in [-0.1, -0.05) is 30.3 Å². The fourth-order valence-corrected chi connectivity index (χ4v) is 2.47. The lowest BCUT2D eigenvalue weighted by Gasteiger charge is -2.20. The van der Waals surface area contributed by atoms with Gasteiger partial charge in [-0.15, -0.1) is 0 Å². The van der Waals surface area contributed by atoms with E-state index in [2.05, 4.69) is 10.6 Å². The number of anilines is 1. The molecule has 0 aliphatic carbocycles. The van der Waals surface area contributed by atoms with Crippen molar-refractivity contribution >= 4 is 29.0 Å². The number of thiocarbonyl (C=S) groups is 1. The number of hydrogen-bond donors (Lipinski definition) is 2. The topological polar surface area (TPSA) is 68.8 Å². The summed E-state index contributed by atoms with van der Waals surface area (Å²) >= 11 is 5.34. The second-order valence-electron chi connectivity index (χ2n) is 5.03. The minimum atomic E-state index is -0.720. The number of benzene rings is 2. The zero-order valence-electron chi connectivity index (χ0n) is 14.2. The molecule has 0 aliphatic heterocycles. The SMILES string of the molecule is COC(=O)C(NC(=S)Nc1cc(OC)ccc1OC)c1ccccc1. The van der Waals surface area contributed by atoms with E-state index in [-0.39, 0.29) is 5.11 Å².